The van der Waals surface area contributed by atoms with Gasteiger partial charge in [-0.2, -0.15) is 0 Å². The van der Waals surface area contributed by atoms with Gasteiger partial charge in [0.1, 0.15) is 4.90 Å². The van der Waals surface area contributed by atoms with Crippen LogP contribution in [0.1, 0.15) is 0 Å². The molecule has 20 heavy (non-hydrogen) atoms. The molecule has 0 atom stereocenters. The Bertz CT molecular complexity index is 768. The van der Waals surface area contributed by atoms with Crippen molar-refractivity contribution >= 4 is 60.7 Å². The van der Waals surface area contributed by atoms with Gasteiger partial charge in [0.25, 0.3) is 10.0 Å². The lowest BCUT2D eigenvalue weighted by molar-refractivity contribution is 0.600. The number of nitrogens with zero attached hydrogens (tertiary/aromatic N) is 1. The highest BCUT2D eigenvalue weighted by molar-refractivity contribution is 9.10. The Morgan fingerprint density at radius 3 is 2.65 bits per heavy atom. The van der Waals surface area contributed by atoms with Crippen LogP contribution in [-0.2, 0) is 10.0 Å². The van der Waals surface area contributed by atoms with Crippen LogP contribution in [0, 0.1) is 0 Å². The van der Waals surface area contributed by atoms with E-state index in [4.69, 9.17) is 28.9 Å². The van der Waals surface area contributed by atoms with E-state index in [-0.39, 0.29) is 30.9 Å². The third-order valence-electron chi connectivity index (χ3n) is 2.31. The second-order valence-electron chi connectivity index (χ2n) is 3.75. The number of benzene rings is 1. The summed E-state index contributed by atoms with van der Waals surface area (Å²) in [6, 6.07) is 5.83. The van der Waals surface area contributed by atoms with Gasteiger partial charge in [0.2, 0.25) is 0 Å². The van der Waals surface area contributed by atoms with E-state index in [1.165, 1.54) is 24.4 Å². The molecule has 0 amide bonds. The molecule has 1 heterocycles. The highest BCUT2D eigenvalue weighted by Gasteiger charge is 2.21. The molecule has 0 aliphatic heterocycles. The molecular formula is C11H8BrCl2N3O2S. The number of anilines is 2. The number of hydrogen-bond donors (Lipinski definition) is 2. The van der Waals surface area contributed by atoms with Crippen LogP contribution in [0.4, 0.5) is 11.5 Å². The van der Waals surface area contributed by atoms with Crippen molar-refractivity contribution in [3.05, 3.63) is 45.0 Å². The van der Waals surface area contributed by atoms with Crippen LogP contribution in [0.2, 0.25) is 10.0 Å². The van der Waals surface area contributed by atoms with Crippen LogP contribution < -0.4 is 10.5 Å². The second-order valence-corrected chi connectivity index (χ2v) is 7.03. The highest BCUT2D eigenvalue weighted by atomic mass is 79.9. The molecule has 0 fully saturated rings. The van der Waals surface area contributed by atoms with Crippen molar-refractivity contribution in [3.63, 3.8) is 0 Å². The van der Waals surface area contributed by atoms with Crippen LogP contribution >= 0.6 is 39.1 Å². The molecule has 1 aromatic heterocycles. The zero-order valence-corrected chi connectivity index (χ0v) is 13.7. The first-order chi connectivity index (χ1) is 9.31. The summed E-state index contributed by atoms with van der Waals surface area (Å²) in [6.45, 7) is 0. The minimum absolute atomic E-state index is 0.0274. The SMILES string of the molecule is Nc1cc(Cl)cc(S(=O)(=O)Nc2ncccc2Cl)c1Br. The maximum Gasteiger partial charge on any atom is 0.264 e. The maximum absolute atomic E-state index is 12.3. The van der Waals surface area contributed by atoms with E-state index >= 15 is 0 Å². The van der Waals surface area contributed by atoms with Gasteiger partial charge in [-0.1, -0.05) is 23.2 Å². The monoisotopic (exact) mass is 395 g/mol. The van der Waals surface area contributed by atoms with E-state index in [0.29, 0.717) is 0 Å². The molecule has 5 nitrogen and oxygen atoms in total. The summed E-state index contributed by atoms with van der Waals surface area (Å²) in [5.41, 5.74) is 5.89. The molecule has 2 aromatic rings. The van der Waals surface area contributed by atoms with E-state index in [1.807, 2.05) is 0 Å². The van der Waals surface area contributed by atoms with Crippen molar-refractivity contribution in [3.8, 4) is 0 Å². The number of aromatic nitrogens is 1. The fourth-order valence-corrected chi connectivity index (χ4v) is 3.97. The second kappa shape index (κ2) is 5.77. The van der Waals surface area contributed by atoms with Gasteiger partial charge in [0, 0.05) is 16.9 Å². The molecule has 0 bridgehead atoms. The van der Waals surface area contributed by atoms with Crippen LogP contribution in [0.5, 0.6) is 0 Å². The fourth-order valence-electron chi connectivity index (χ4n) is 1.42. The maximum atomic E-state index is 12.3. The van der Waals surface area contributed by atoms with Gasteiger partial charge in [-0.15, -0.1) is 0 Å². The Labute approximate surface area is 134 Å². The summed E-state index contributed by atoms with van der Waals surface area (Å²) < 4.78 is 27.2. The van der Waals surface area contributed by atoms with Gasteiger partial charge in [-0.05, 0) is 40.2 Å². The third-order valence-corrected chi connectivity index (χ3v) is 5.34. The number of nitrogens with two attached hydrogens (primary N) is 1. The molecule has 106 valence electrons. The third kappa shape index (κ3) is 3.17. The lowest BCUT2D eigenvalue weighted by Gasteiger charge is -2.11. The lowest BCUT2D eigenvalue weighted by atomic mass is 10.3. The van der Waals surface area contributed by atoms with E-state index in [2.05, 4.69) is 25.6 Å². The van der Waals surface area contributed by atoms with Crippen molar-refractivity contribution in [1.82, 2.24) is 4.98 Å². The Balaban J connectivity index is 2.49. The molecule has 0 radical (unpaired) electrons. The minimum Gasteiger partial charge on any atom is -0.398 e. The zero-order valence-electron chi connectivity index (χ0n) is 9.77. The zero-order chi connectivity index (χ0) is 14.9. The molecule has 0 aliphatic rings. The van der Waals surface area contributed by atoms with Crippen LogP contribution in [0.15, 0.2) is 39.8 Å². The van der Waals surface area contributed by atoms with E-state index in [1.54, 1.807) is 6.07 Å². The molecular weight excluding hydrogens is 389 g/mol. The number of sulfonamides is 1. The normalized spacial score (nSPS) is 11.3. The predicted molar refractivity (Wildman–Crippen MR) is 83.6 cm³/mol. The van der Waals surface area contributed by atoms with Gasteiger partial charge < -0.3 is 5.73 Å². The number of pyridine rings is 1. The highest BCUT2D eigenvalue weighted by Crippen LogP contribution is 2.33. The largest absolute Gasteiger partial charge is 0.398 e. The predicted octanol–water partition coefficient (Wildman–Crippen LogP) is 3.53. The molecule has 2 rings (SSSR count). The molecule has 0 saturated carbocycles. The van der Waals surface area contributed by atoms with E-state index in [9.17, 15) is 8.42 Å². The smallest absolute Gasteiger partial charge is 0.264 e. The summed E-state index contributed by atoms with van der Waals surface area (Å²) in [5.74, 6) is 0.0274. The number of nitrogen functional groups attached to an aromatic ring is 1. The van der Waals surface area contributed by atoms with Crippen molar-refractivity contribution in [1.29, 1.82) is 0 Å². The van der Waals surface area contributed by atoms with Crippen LogP contribution in [0.25, 0.3) is 0 Å². The average Bonchev–Trinajstić information content (AvgIpc) is 2.36. The molecule has 3 N–H and O–H groups in total. The Hall–Kier alpha value is -1.02. The van der Waals surface area contributed by atoms with Gasteiger partial charge in [0.15, 0.2) is 5.82 Å². The summed E-state index contributed by atoms with van der Waals surface area (Å²) >= 11 is 14.8. The Morgan fingerprint density at radius 2 is 2.00 bits per heavy atom. The molecule has 0 aliphatic carbocycles. The summed E-state index contributed by atoms with van der Waals surface area (Å²) in [5, 5.41) is 0.389. The molecule has 1 aromatic carbocycles. The number of halogens is 3. The summed E-state index contributed by atoms with van der Waals surface area (Å²) in [7, 11) is -3.92. The number of rotatable bonds is 3. The molecule has 0 saturated heterocycles. The first kappa shape index (κ1) is 15.4. The van der Waals surface area contributed by atoms with Gasteiger partial charge >= 0.3 is 0 Å². The molecule has 0 unspecified atom stereocenters. The quantitative estimate of drug-likeness (QED) is 0.777. The molecule has 0 spiro atoms. The number of nitrogens with one attached hydrogen (secondary N) is 1. The van der Waals surface area contributed by atoms with Crippen molar-refractivity contribution in [2.45, 2.75) is 4.90 Å². The van der Waals surface area contributed by atoms with Crippen LogP contribution in [0.3, 0.4) is 0 Å². The van der Waals surface area contributed by atoms with E-state index in [0.717, 1.165) is 0 Å². The van der Waals surface area contributed by atoms with Crippen molar-refractivity contribution in [2.75, 3.05) is 10.5 Å². The first-order valence-electron chi connectivity index (χ1n) is 5.19. The summed E-state index contributed by atoms with van der Waals surface area (Å²) in [4.78, 5) is 3.77. The van der Waals surface area contributed by atoms with Gasteiger partial charge in [-0.25, -0.2) is 13.4 Å². The van der Waals surface area contributed by atoms with E-state index < -0.39 is 10.0 Å². The van der Waals surface area contributed by atoms with Gasteiger partial charge in [-0.3, -0.25) is 4.72 Å². The molecule has 9 heteroatoms. The lowest BCUT2D eigenvalue weighted by Crippen LogP contribution is -2.15. The fraction of sp³-hybridized carbons (Fsp3) is 0. The first-order valence-corrected chi connectivity index (χ1v) is 8.22. The van der Waals surface area contributed by atoms with Crippen LogP contribution in [-0.4, -0.2) is 13.4 Å². The minimum atomic E-state index is -3.92. The summed E-state index contributed by atoms with van der Waals surface area (Å²) in [6.07, 6.45) is 1.42. The topological polar surface area (TPSA) is 85.1 Å². The Kier molecular flexibility index (Phi) is 4.43. The van der Waals surface area contributed by atoms with Gasteiger partial charge in [0.05, 0.1) is 9.50 Å². The van der Waals surface area contributed by atoms with Crippen molar-refractivity contribution < 1.29 is 8.42 Å². The Morgan fingerprint density at radius 1 is 1.30 bits per heavy atom. The van der Waals surface area contributed by atoms with Crippen molar-refractivity contribution in [2.24, 2.45) is 0 Å². The average molecular weight is 397 g/mol. The standard InChI is InChI=1S/C11H8BrCl2N3O2S/c12-10-8(15)4-6(13)5-9(10)20(18,19)17-11-7(14)2-1-3-16-11/h1-5H,15H2,(H,16,17). The number of hydrogen-bond acceptors (Lipinski definition) is 4.